The number of hydroxylamine groups is 2. The summed E-state index contributed by atoms with van der Waals surface area (Å²) in [5, 5.41) is 29.8. The van der Waals surface area contributed by atoms with Crippen LogP contribution in [0.4, 0.5) is 0 Å². The summed E-state index contributed by atoms with van der Waals surface area (Å²) in [6.07, 6.45) is 6.11. The summed E-state index contributed by atoms with van der Waals surface area (Å²) in [5.74, 6) is 0.589. The van der Waals surface area contributed by atoms with E-state index in [1.165, 1.54) is 17.6 Å². The molecule has 6 rings (SSSR count). The number of halogens is 1. The van der Waals surface area contributed by atoms with Crippen LogP contribution in [0.5, 0.6) is 5.75 Å². The average molecular weight is 806 g/mol. The van der Waals surface area contributed by atoms with E-state index in [2.05, 4.69) is 50.1 Å². The van der Waals surface area contributed by atoms with E-state index in [4.69, 9.17) is 21.2 Å². The molecule has 3 aliphatic carbocycles. The van der Waals surface area contributed by atoms with Crippen LogP contribution in [0.25, 0.3) is 5.57 Å². The van der Waals surface area contributed by atoms with E-state index in [9.17, 15) is 19.8 Å². The maximum absolute atomic E-state index is 14.3. The number of hydrogen-bond donors (Lipinski definition) is 4. The summed E-state index contributed by atoms with van der Waals surface area (Å²) < 4.78 is 6.08. The Bertz CT molecular complexity index is 1800. The van der Waals surface area contributed by atoms with Crippen molar-refractivity contribution in [1.29, 1.82) is 0 Å². The number of ether oxygens (including phenoxy) is 1. The lowest BCUT2D eigenvalue weighted by Crippen LogP contribution is -2.62. The second-order valence-electron chi connectivity index (χ2n) is 17.3. The minimum absolute atomic E-state index is 0.00150. The Hall–Kier alpha value is -3.71. The Morgan fingerprint density at radius 3 is 2.40 bits per heavy atom. The molecule has 0 spiro atoms. The number of aliphatic hydroxyl groups excluding tert-OH is 2. The minimum Gasteiger partial charge on any atom is -0.496 e. The standard InChI is InChI=1S/C45H64ClN5O6/c1-27(50(8)9)20-31(16-19-40(54)47-33(24-49(6)7)21-30-14-12-11-13-15-30)34-17-18-37(46)35(43(34)56-10)25-51-42(41(29(3)53)39(26-52)57-51)44(55)48-38-23-32-22-36(28(38)2)45(32,4)5/h11-20,28-29,32-33,36,38-39,41-42,52-53H,1,21-26H2,2-10H3,(H,47,54)(H,48,55)/b19-16+,31-20+/t28-,29-,32+,33-,36-,38-,39-,41+,42-/m0/s1. The predicted octanol–water partition coefficient (Wildman–Crippen LogP) is 5.31. The zero-order valence-electron chi connectivity index (χ0n) is 35.2. The van der Waals surface area contributed by atoms with Crippen molar-refractivity contribution in [2.45, 2.75) is 83.8 Å². The Kier molecular flexibility index (Phi) is 14.7. The van der Waals surface area contributed by atoms with Crippen LogP contribution >= 0.6 is 11.6 Å². The van der Waals surface area contributed by atoms with Gasteiger partial charge in [-0.15, -0.1) is 0 Å². The maximum atomic E-state index is 14.3. The lowest BCUT2D eigenvalue weighted by Gasteiger charge is -2.62. The molecule has 0 unspecified atom stereocenters. The van der Waals surface area contributed by atoms with Gasteiger partial charge in [0.15, 0.2) is 0 Å². The molecule has 57 heavy (non-hydrogen) atoms. The van der Waals surface area contributed by atoms with Crippen LogP contribution in [0.3, 0.4) is 0 Å². The van der Waals surface area contributed by atoms with Crippen LogP contribution < -0.4 is 15.4 Å². The van der Waals surface area contributed by atoms with Gasteiger partial charge in [-0.1, -0.05) is 69.3 Å². The van der Waals surface area contributed by atoms with E-state index in [0.29, 0.717) is 63.9 Å². The molecule has 12 heteroatoms. The highest BCUT2D eigenvalue weighted by molar-refractivity contribution is 6.31. The topological polar surface area (TPSA) is 127 Å². The number of benzene rings is 2. The number of nitrogens with one attached hydrogen (secondary N) is 2. The second-order valence-corrected chi connectivity index (χ2v) is 17.7. The Morgan fingerprint density at radius 1 is 1.12 bits per heavy atom. The number of likely N-dealkylation sites (N-methyl/N-ethyl adjacent to an activating group) is 2. The van der Waals surface area contributed by atoms with Gasteiger partial charge in [0.2, 0.25) is 11.8 Å². The van der Waals surface area contributed by atoms with Crippen molar-refractivity contribution < 1.29 is 29.4 Å². The number of allylic oxidation sites excluding steroid dienone is 3. The van der Waals surface area contributed by atoms with E-state index in [1.54, 1.807) is 26.2 Å². The molecule has 3 saturated carbocycles. The molecule has 0 aromatic heterocycles. The molecule has 2 aromatic carbocycles. The smallest absolute Gasteiger partial charge is 0.244 e. The van der Waals surface area contributed by atoms with Crippen LogP contribution in [-0.2, 0) is 27.4 Å². The first kappa shape index (κ1) is 44.4. The number of carbonyl (C=O) groups is 2. The molecule has 4 N–H and O–H groups in total. The molecule has 11 nitrogen and oxygen atoms in total. The number of hydrogen-bond acceptors (Lipinski definition) is 9. The van der Waals surface area contributed by atoms with E-state index >= 15 is 0 Å². The van der Waals surface area contributed by atoms with E-state index in [1.807, 2.05) is 68.3 Å². The fourth-order valence-electron chi connectivity index (χ4n) is 9.29. The summed E-state index contributed by atoms with van der Waals surface area (Å²) >= 11 is 6.94. The molecule has 9 atom stereocenters. The number of amides is 2. The van der Waals surface area contributed by atoms with Crippen molar-refractivity contribution in [3.8, 4) is 5.75 Å². The summed E-state index contributed by atoms with van der Waals surface area (Å²) in [5.41, 5.74) is 3.90. The van der Waals surface area contributed by atoms with Gasteiger partial charge in [-0.2, -0.15) is 5.06 Å². The first-order valence-corrected chi connectivity index (χ1v) is 20.5. The zero-order chi connectivity index (χ0) is 41.8. The Balaban J connectivity index is 1.44. The molecule has 4 aliphatic rings. The molecular formula is C45H64ClN5O6. The number of fused-ring (bicyclic) bond motifs is 2. The van der Waals surface area contributed by atoms with Gasteiger partial charge in [0.1, 0.15) is 17.9 Å². The highest BCUT2D eigenvalue weighted by Crippen LogP contribution is 2.61. The summed E-state index contributed by atoms with van der Waals surface area (Å²) in [6.45, 7) is 13.0. The number of aliphatic hydroxyl groups is 2. The van der Waals surface area contributed by atoms with Crippen molar-refractivity contribution in [1.82, 2.24) is 25.5 Å². The molecule has 1 aliphatic heterocycles. The molecule has 2 bridgehead atoms. The number of carbonyl (C=O) groups excluding carboxylic acids is 2. The number of nitrogens with zero attached hydrogens (tertiary/aromatic N) is 3. The van der Waals surface area contributed by atoms with Gasteiger partial charge in [-0.3, -0.25) is 14.4 Å². The van der Waals surface area contributed by atoms with Crippen molar-refractivity contribution in [3.05, 3.63) is 94.7 Å². The Morgan fingerprint density at radius 2 is 1.82 bits per heavy atom. The van der Waals surface area contributed by atoms with Crippen molar-refractivity contribution in [2.24, 2.45) is 29.1 Å². The maximum Gasteiger partial charge on any atom is 0.244 e. The summed E-state index contributed by atoms with van der Waals surface area (Å²) in [6, 6.07) is 12.6. The minimum atomic E-state index is -0.949. The van der Waals surface area contributed by atoms with Gasteiger partial charge < -0.3 is 35.4 Å². The van der Waals surface area contributed by atoms with Gasteiger partial charge in [-0.25, -0.2) is 0 Å². The van der Waals surface area contributed by atoms with Crippen molar-refractivity contribution in [2.75, 3.05) is 48.5 Å². The summed E-state index contributed by atoms with van der Waals surface area (Å²) in [7, 11) is 9.28. The molecule has 1 heterocycles. The van der Waals surface area contributed by atoms with Gasteiger partial charge in [-0.05, 0) is 98.9 Å². The highest BCUT2D eigenvalue weighted by atomic mass is 35.5. The lowest BCUT2D eigenvalue weighted by atomic mass is 9.45. The SMILES string of the molecule is C=C(/C=C(\C=C\C(=O)N[C@@H](Cc1ccccc1)CN(C)C)c1ccc(Cl)c(CN2O[C@@H](CO)[C@@H]([C@H](C)O)[C@H]2C(=O)N[C@H]2C[C@H]3C[C@@H]([C@@H]2C)C3(C)C)c1OC)N(C)C. The Labute approximate surface area is 344 Å². The molecular weight excluding hydrogens is 742 g/mol. The molecule has 2 amide bonds. The molecule has 4 fully saturated rings. The third-order valence-corrected chi connectivity index (χ3v) is 13.0. The number of rotatable bonds is 17. The van der Waals surface area contributed by atoms with Crippen LogP contribution in [0.15, 0.2) is 73.0 Å². The third-order valence-electron chi connectivity index (χ3n) is 12.7. The van der Waals surface area contributed by atoms with Crippen LogP contribution in [0.1, 0.15) is 57.2 Å². The van der Waals surface area contributed by atoms with E-state index in [0.717, 1.165) is 12.0 Å². The largest absolute Gasteiger partial charge is 0.496 e. The lowest BCUT2D eigenvalue weighted by molar-refractivity contribution is -0.183. The van der Waals surface area contributed by atoms with Crippen molar-refractivity contribution >= 4 is 29.0 Å². The summed E-state index contributed by atoms with van der Waals surface area (Å²) in [4.78, 5) is 38.1. The normalized spacial score (nSPS) is 26.8. The van der Waals surface area contributed by atoms with E-state index in [-0.39, 0.29) is 42.5 Å². The number of methoxy groups -OCH3 is 1. The quantitative estimate of drug-likeness (QED) is 0.124. The average Bonchev–Trinajstić information content (AvgIpc) is 3.53. The highest BCUT2D eigenvalue weighted by Gasteiger charge is 2.57. The first-order chi connectivity index (χ1) is 27.0. The van der Waals surface area contributed by atoms with Crippen molar-refractivity contribution in [3.63, 3.8) is 0 Å². The zero-order valence-corrected chi connectivity index (χ0v) is 35.9. The third kappa shape index (κ3) is 10.1. The monoisotopic (exact) mass is 805 g/mol. The second kappa shape index (κ2) is 18.9. The predicted molar refractivity (Wildman–Crippen MR) is 226 cm³/mol. The van der Waals surface area contributed by atoms with E-state index < -0.39 is 24.2 Å². The van der Waals surface area contributed by atoms with Crippen LogP contribution in [-0.4, -0.2) is 116 Å². The first-order valence-electron chi connectivity index (χ1n) is 20.1. The molecule has 1 saturated heterocycles. The fourth-order valence-corrected chi connectivity index (χ4v) is 9.50. The van der Waals surface area contributed by atoms with Gasteiger partial charge in [0.25, 0.3) is 0 Å². The van der Waals surface area contributed by atoms with Crippen LogP contribution in [0, 0.1) is 29.1 Å². The van der Waals surface area contributed by atoms with Crippen LogP contribution in [0.2, 0.25) is 5.02 Å². The molecule has 312 valence electrons. The van der Waals surface area contributed by atoms with Gasteiger partial charge in [0.05, 0.1) is 26.4 Å². The van der Waals surface area contributed by atoms with Gasteiger partial charge >= 0.3 is 0 Å². The molecule has 2 aromatic rings. The molecule has 0 radical (unpaired) electrons. The van der Waals surface area contributed by atoms with Gasteiger partial charge in [0, 0.05) is 66.6 Å². The fraction of sp³-hybridized carbons (Fsp3) is 0.556.